The van der Waals surface area contributed by atoms with E-state index in [2.05, 4.69) is 9.58 Å². The lowest BCUT2D eigenvalue weighted by Crippen LogP contribution is -2.48. The van der Waals surface area contributed by atoms with Crippen LogP contribution in [0.4, 0.5) is 0 Å². The number of benzene rings is 1. The number of ether oxygens (including phenoxy) is 1. The standard InChI is InChI=1S/C21H27N3O2/c1-26-21-19(15-4-6-18(25)7-5-15)20(16-2-3-16)22-24(21)13-17-12-23-10-8-14(17)9-11-23/h4-7,14,16-17,25H,2-3,8-13H2,1H3. The molecule has 0 spiro atoms. The van der Waals surface area contributed by atoms with Crippen molar-refractivity contribution in [3.05, 3.63) is 30.0 Å². The molecule has 4 aliphatic rings. The first-order chi connectivity index (χ1) is 12.7. The second-order valence-electron chi connectivity index (χ2n) is 8.17. The second kappa shape index (κ2) is 6.31. The van der Waals surface area contributed by atoms with Crippen molar-refractivity contribution in [2.45, 2.75) is 38.1 Å². The second-order valence-corrected chi connectivity index (χ2v) is 8.17. The van der Waals surface area contributed by atoms with E-state index in [-0.39, 0.29) is 0 Å². The number of fused-ring (bicyclic) bond motifs is 3. The lowest BCUT2D eigenvalue weighted by Gasteiger charge is -2.44. The third kappa shape index (κ3) is 2.78. The van der Waals surface area contributed by atoms with Gasteiger partial charge in [0.25, 0.3) is 0 Å². The Kier molecular flexibility index (Phi) is 3.92. The van der Waals surface area contributed by atoms with Gasteiger partial charge in [-0.2, -0.15) is 5.10 Å². The lowest BCUT2D eigenvalue weighted by molar-refractivity contribution is 0.0392. The topological polar surface area (TPSA) is 50.5 Å². The Morgan fingerprint density at radius 2 is 1.85 bits per heavy atom. The third-order valence-corrected chi connectivity index (χ3v) is 6.45. The van der Waals surface area contributed by atoms with Crippen molar-refractivity contribution in [1.82, 2.24) is 14.7 Å². The summed E-state index contributed by atoms with van der Waals surface area (Å²) in [5.41, 5.74) is 3.38. The number of phenolic OH excluding ortho intramolecular Hbond substituents is 1. The molecule has 2 aromatic rings. The van der Waals surface area contributed by atoms with Gasteiger partial charge in [-0.3, -0.25) is 0 Å². The number of aromatic hydroxyl groups is 1. The van der Waals surface area contributed by atoms with Gasteiger partial charge in [0.05, 0.1) is 18.4 Å². The van der Waals surface area contributed by atoms with E-state index in [9.17, 15) is 5.11 Å². The van der Waals surface area contributed by atoms with E-state index in [0.717, 1.165) is 29.5 Å². The van der Waals surface area contributed by atoms with E-state index < -0.39 is 0 Å². The Morgan fingerprint density at radius 3 is 2.42 bits per heavy atom. The predicted molar refractivity (Wildman–Crippen MR) is 101 cm³/mol. The SMILES string of the molecule is COc1c(-c2ccc(O)cc2)c(C2CC2)nn1CC1CN2CCC1CC2. The molecule has 6 rings (SSSR count). The largest absolute Gasteiger partial charge is 0.508 e. The minimum absolute atomic E-state index is 0.292. The fraction of sp³-hybridized carbons (Fsp3) is 0.571. The summed E-state index contributed by atoms with van der Waals surface area (Å²) >= 11 is 0. The molecule has 0 radical (unpaired) electrons. The zero-order valence-corrected chi connectivity index (χ0v) is 15.4. The van der Waals surface area contributed by atoms with Crippen LogP contribution in [0.1, 0.15) is 37.3 Å². The Balaban J connectivity index is 1.51. The molecule has 1 N–H and O–H groups in total. The van der Waals surface area contributed by atoms with E-state index >= 15 is 0 Å². The molecule has 5 nitrogen and oxygen atoms in total. The number of methoxy groups -OCH3 is 1. The molecule has 3 aliphatic heterocycles. The van der Waals surface area contributed by atoms with Crippen LogP contribution in [0.3, 0.4) is 0 Å². The average Bonchev–Trinajstić information content (AvgIpc) is 3.46. The van der Waals surface area contributed by atoms with Crippen molar-refractivity contribution in [3.8, 4) is 22.8 Å². The maximum atomic E-state index is 9.65. The van der Waals surface area contributed by atoms with Crippen LogP contribution in [-0.4, -0.2) is 46.5 Å². The number of phenols is 1. The molecule has 138 valence electrons. The van der Waals surface area contributed by atoms with Gasteiger partial charge in [0.1, 0.15) is 5.75 Å². The van der Waals surface area contributed by atoms with Gasteiger partial charge in [-0.25, -0.2) is 4.68 Å². The average molecular weight is 353 g/mol. The van der Waals surface area contributed by atoms with Crippen LogP contribution in [0.2, 0.25) is 0 Å². The third-order valence-electron chi connectivity index (χ3n) is 6.45. The van der Waals surface area contributed by atoms with Crippen LogP contribution in [0.5, 0.6) is 11.6 Å². The lowest BCUT2D eigenvalue weighted by atomic mass is 9.79. The minimum atomic E-state index is 0.292. The number of hydrogen-bond donors (Lipinski definition) is 1. The van der Waals surface area contributed by atoms with E-state index in [0.29, 0.717) is 17.6 Å². The molecule has 4 fully saturated rings. The van der Waals surface area contributed by atoms with E-state index in [4.69, 9.17) is 9.84 Å². The first-order valence-corrected chi connectivity index (χ1v) is 9.89. The van der Waals surface area contributed by atoms with Crippen molar-refractivity contribution < 1.29 is 9.84 Å². The Labute approximate surface area is 154 Å². The first-order valence-electron chi connectivity index (χ1n) is 9.89. The van der Waals surface area contributed by atoms with Crippen molar-refractivity contribution in [2.24, 2.45) is 11.8 Å². The zero-order valence-electron chi connectivity index (χ0n) is 15.4. The Hall–Kier alpha value is -2.01. The first kappa shape index (κ1) is 16.2. The monoisotopic (exact) mass is 353 g/mol. The van der Waals surface area contributed by atoms with Crippen LogP contribution in [0, 0.1) is 11.8 Å². The van der Waals surface area contributed by atoms with Crippen LogP contribution in [0.15, 0.2) is 24.3 Å². The Bertz CT molecular complexity index is 786. The fourth-order valence-corrected chi connectivity index (χ4v) is 4.85. The summed E-state index contributed by atoms with van der Waals surface area (Å²) in [6, 6.07) is 7.44. The minimum Gasteiger partial charge on any atom is -0.508 e. The van der Waals surface area contributed by atoms with Crippen molar-refractivity contribution in [3.63, 3.8) is 0 Å². The maximum absolute atomic E-state index is 9.65. The molecular formula is C21H27N3O2. The molecule has 4 heterocycles. The summed E-state index contributed by atoms with van der Waals surface area (Å²) in [5, 5.41) is 14.7. The molecule has 1 atom stereocenters. The normalized spacial score (nSPS) is 27.7. The number of rotatable bonds is 5. The smallest absolute Gasteiger partial charge is 0.219 e. The highest BCUT2D eigenvalue weighted by Gasteiger charge is 2.37. The van der Waals surface area contributed by atoms with Gasteiger partial charge in [-0.15, -0.1) is 0 Å². The maximum Gasteiger partial charge on any atom is 0.219 e. The van der Waals surface area contributed by atoms with Gasteiger partial charge in [-0.05, 0) is 68.3 Å². The highest BCUT2D eigenvalue weighted by Crippen LogP contribution is 2.47. The van der Waals surface area contributed by atoms with Crippen LogP contribution >= 0.6 is 0 Å². The Morgan fingerprint density at radius 1 is 1.12 bits per heavy atom. The number of nitrogens with zero attached hydrogens (tertiary/aromatic N) is 3. The van der Waals surface area contributed by atoms with Crippen molar-refractivity contribution in [2.75, 3.05) is 26.7 Å². The summed E-state index contributed by atoms with van der Waals surface area (Å²) in [5.74, 6) is 3.23. The molecule has 1 aromatic carbocycles. The summed E-state index contributed by atoms with van der Waals surface area (Å²) in [4.78, 5) is 2.60. The molecule has 5 heteroatoms. The molecule has 3 saturated heterocycles. The van der Waals surface area contributed by atoms with E-state index in [1.807, 2.05) is 12.1 Å². The molecular weight excluding hydrogens is 326 g/mol. The number of aromatic nitrogens is 2. The van der Waals surface area contributed by atoms with Crippen molar-refractivity contribution >= 4 is 0 Å². The molecule has 1 saturated carbocycles. The molecule has 1 aliphatic carbocycles. The molecule has 1 aromatic heterocycles. The molecule has 1 unspecified atom stereocenters. The molecule has 0 amide bonds. The van der Waals surface area contributed by atoms with Gasteiger partial charge >= 0.3 is 0 Å². The molecule has 2 bridgehead atoms. The number of hydrogen-bond acceptors (Lipinski definition) is 4. The highest BCUT2D eigenvalue weighted by atomic mass is 16.5. The van der Waals surface area contributed by atoms with Gasteiger partial charge in [0, 0.05) is 19.0 Å². The summed E-state index contributed by atoms with van der Waals surface area (Å²) in [6.07, 6.45) is 5.08. The number of piperidine rings is 3. The predicted octanol–water partition coefficient (Wildman–Crippen LogP) is 3.48. The van der Waals surface area contributed by atoms with Crippen LogP contribution in [0.25, 0.3) is 11.1 Å². The van der Waals surface area contributed by atoms with E-state index in [1.165, 1.54) is 51.0 Å². The van der Waals surface area contributed by atoms with Gasteiger partial charge < -0.3 is 14.7 Å². The van der Waals surface area contributed by atoms with Gasteiger partial charge in [0.2, 0.25) is 5.88 Å². The zero-order chi connectivity index (χ0) is 17.7. The highest BCUT2D eigenvalue weighted by molar-refractivity contribution is 5.73. The molecule has 26 heavy (non-hydrogen) atoms. The van der Waals surface area contributed by atoms with E-state index in [1.54, 1.807) is 19.2 Å². The summed E-state index contributed by atoms with van der Waals surface area (Å²) < 4.78 is 7.99. The van der Waals surface area contributed by atoms with Gasteiger partial charge in [0.15, 0.2) is 0 Å². The summed E-state index contributed by atoms with van der Waals surface area (Å²) in [7, 11) is 1.75. The van der Waals surface area contributed by atoms with Gasteiger partial charge in [-0.1, -0.05) is 12.1 Å². The van der Waals surface area contributed by atoms with Crippen LogP contribution in [-0.2, 0) is 6.54 Å². The van der Waals surface area contributed by atoms with Crippen molar-refractivity contribution in [1.29, 1.82) is 0 Å². The van der Waals surface area contributed by atoms with Crippen LogP contribution < -0.4 is 4.74 Å². The quantitative estimate of drug-likeness (QED) is 0.894. The fourth-order valence-electron chi connectivity index (χ4n) is 4.85. The summed E-state index contributed by atoms with van der Waals surface area (Å²) in [6.45, 7) is 4.68.